The van der Waals surface area contributed by atoms with E-state index in [1.807, 2.05) is 49.4 Å². The zero-order chi connectivity index (χ0) is 13.7. The van der Waals surface area contributed by atoms with E-state index in [1.165, 1.54) is 0 Å². The van der Waals surface area contributed by atoms with Crippen LogP contribution in [0.5, 0.6) is 5.75 Å². The van der Waals surface area contributed by atoms with E-state index in [2.05, 4.69) is 21.2 Å². The van der Waals surface area contributed by atoms with Gasteiger partial charge in [0.25, 0.3) is 0 Å². The highest BCUT2D eigenvalue weighted by Gasteiger charge is 1.98. The van der Waals surface area contributed by atoms with Crippen LogP contribution in [0.3, 0.4) is 0 Å². The first-order valence-electron chi connectivity index (χ1n) is 6.03. The maximum atomic E-state index is 6.06. The van der Waals surface area contributed by atoms with Gasteiger partial charge in [0.05, 0.1) is 0 Å². The molecule has 0 heterocycles. The molecule has 0 aromatic heterocycles. The summed E-state index contributed by atoms with van der Waals surface area (Å²) in [4.78, 5) is 0. The van der Waals surface area contributed by atoms with Gasteiger partial charge in [-0.3, -0.25) is 0 Å². The SMILES string of the molecule is Cc1ccc(NCCOc2cccc(Br)c2)cc1Cl. The molecular weight excluding hydrogens is 326 g/mol. The van der Waals surface area contributed by atoms with Gasteiger partial charge in [-0.1, -0.05) is 39.7 Å². The van der Waals surface area contributed by atoms with Crippen LogP contribution in [0.4, 0.5) is 5.69 Å². The first-order valence-corrected chi connectivity index (χ1v) is 7.20. The minimum atomic E-state index is 0.599. The van der Waals surface area contributed by atoms with E-state index in [4.69, 9.17) is 16.3 Å². The summed E-state index contributed by atoms with van der Waals surface area (Å²) in [6.07, 6.45) is 0. The van der Waals surface area contributed by atoms with E-state index in [0.29, 0.717) is 6.61 Å². The van der Waals surface area contributed by atoms with Gasteiger partial charge in [0.15, 0.2) is 0 Å². The van der Waals surface area contributed by atoms with Crippen LogP contribution in [0.15, 0.2) is 46.9 Å². The molecule has 19 heavy (non-hydrogen) atoms. The molecule has 0 unspecified atom stereocenters. The number of halogens is 2. The van der Waals surface area contributed by atoms with E-state index in [1.54, 1.807) is 0 Å². The number of hydrogen-bond acceptors (Lipinski definition) is 2. The van der Waals surface area contributed by atoms with Gasteiger partial charge in [0.2, 0.25) is 0 Å². The quantitative estimate of drug-likeness (QED) is 0.782. The summed E-state index contributed by atoms with van der Waals surface area (Å²) in [6.45, 7) is 3.32. The molecule has 0 amide bonds. The minimum Gasteiger partial charge on any atom is -0.492 e. The van der Waals surface area contributed by atoms with Crippen LogP contribution in [0, 0.1) is 6.92 Å². The smallest absolute Gasteiger partial charge is 0.120 e. The second-order valence-corrected chi connectivity index (χ2v) is 5.52. The molecule has 1 N–H and O–H groups in total. The Bertz CT molecular complexity index is 560. The predicted octanol–water partition coefficient (Wildman–Crippen LogP) is 4.90. The number of hydrogen-bond donors (Lipinski definition) is 1. The van der Waals surface area contributed by atoms with Crippen LogP contribution >= 0.6 is 27.5 Å². The van der Waals surface area contributed by atoms with Crippen molar-refractivity contribution in [3.8, 4) is 5.75 Å². The van der Waals surface area contributed by atoms with E-state index in [9.17, 15) is 0 Å². The van der Waals surface area contributed by atoms with Gasteiger partial charge in [-0.2, -0.15) is 0 Å². The Hall–Kier alpha value is -1.19. The maximum Gasteiger partial charge on any atom is 0.120 e. The number of ether oxygens (including phenoxy) is 1. The molecule has 0 aliphatic heterocycles. The summed E-state index contributed by atoms with van der Waals surface area (Å²) in [7, 11) is 0. The van der Waals surface area contributed by atoms with Crippen molar-refractivity contribution in [3.05, 3.63) is 57.5 Å². The summed E-state index contributed by atoms with van der Waals surface area (Å²) in [6, 6.07) is 13.7. The van der Waals surface area contributed by atoms with Gasteiger partial charge < -0.3 is 10.1 Å². The Morgan fingerprint density at radius 3 is 2.79 bits per heavy atom. The first kappa shape index (κ1) is 14.2. The molecule has 0 radical (unpaired) electrons. The summed E-state index contributed by atoms with van der Waals surface area (Å²) < 4.78 is 6.65. The second kappa shape index (κ2) is 6.83. The van der Waals surface area contributed by atoms with Crippen molar-refractivity contribution in [1.82, 2.24) is 0 Å². The van der Waals surface area contributed by atoms with Gasteiger partial charge >= 0.3 is 0 Å². The lowest BCUT2D eigenvalue weighted by molar-refractivity contribution is 0.332. The monoisotopic (exact) mass is 339 g/mol. The van der Waals surface area contributed by atoms with Crippen molar-refractivity contribution in [2.45, 2.75) is 6.92 Å². The number of aryl methyl sites for hydroxylation is 1. The van der Waals surface area contributed by atoms with Gasteiger partial charge in [-0.05, 0) is 42.8 Å². The van der Waals surface area contributed by atoms with Crippen LogP contribution in [0.1, 0.15) is 5.56 Å². The molecule has 2 aromatic carbocycles. The Balaban J connectivity index is 1.79. The van der Waals surface area contributed by atoms with Crippen molar-refractivity contribution in [1.29, 1.82) is 0 Å². The third-order valence-electron chi connectivity index (χ3n) is 2.67. The normalized spacial score (nSPS) is 10.3. The second-order valence-electron chi connectivity index (χ2n) is 4.20. The molecule has 0 aliphatic rings. The number of anilines is 1. The average Bonchev–Trinajstić information content (AvgIpc) is 2.39. The standard InChI is InChI=1S/C15H15BrClNO/c1-11-5-6-13(10-15(11)17)18-7-8-19-14-4-2-3-12(16)9-14/h2-6,9-10,18H,7-8H2,1H3. The fourth-order valence-electron chi connectivity index (χ4n) is 1.62. The van der Waals surface area contributed by atoms with Crippen molar-refractivity contribution in [2.75, 3.05) is 18.5 Å². The predicted molar refractivity (Wildman–Crippen MR) is 84.3 cm³/mol. The maximum absolute atomic E-state index is 6.06. The Labute approximate surface area is 126 Å². The lowest BCUT2D eigenvalue weighted by Gasteiger charge is -2.09. The molecule has 2 rings (SSSR count). The highest BCUT2D eigenvalue weighted by atomic mass is 79.9. The van der Waals surface area contributed by atoms with Crippen molar-refractivity contribution < 1.29 is 4.74 Å². The molecule has 0 aliphatic carbocycles. The minimum absolute atomic E-state index is 0.599. The van der Waals surface area contributed by atoms with Crippen molar-refractivity contribution in [3.63, 3.8) is 0 Å². The van der Waals surface area contributed by atoms with Crippen molar-refractivity contribution in [2.24, 2.45) is 0 Å². The third-order valence-corrected chi connectivity index (χ3v) is 3.57. The summed E-state index contributed by atoms with van der Waals surface area (Å²) in [5.41, 5.74) is 2.09. The number of benzene rings is 2. The van der Waals surface area contributed by atoms with E-state index < -0.39 is 0 Å². The number of nitrogens with one attached hydrogen (secondary N) is 1. The molecule has 0 atom stereocenters. The summed E-state index contributed by atoms with van der Waals surface area (Å²) >= 11 is 9.48. The van der Waals surface area contributed by atoms with Crippen LogP contribution in [0.2, 0.25) is 5.02 Å². The summed E-state index contributed by atoms with van der Waals surface area (Å²) in [5, 5.41) is 4.05. The molecule has 4 heteroatoms. The highest BCUT2D eigenvalue weighted by molar-refractivity contribution is 9.10. The zero-order valence-corrected chi connectivity index (χ0v) is 13.0. The molecule has 0 bridgehead atoms. The lowest BCUT2D eigenvalue weighted by Crippen LogP contribution is -2.11. The molecule has 100 valence electrons. The van der Waals surface area contributed by atoms with Crippen LogP contribution in [-0.4, -0.2) is 13.2 Å². The molecule has 0 saturated heterocycles. The Kier molecular flexibility index (Phi) is 5.11. The highest BCUT2D eigenvalue weighted by Crippen LogP contribution is 2.20. The lowest BCUT2D eigenvalue weighted by atomic mass is 10.2. The van der Waals surface area contributed by atoms with E-state index in [0.717, 1.165) is 33.0 Å². The molecule has 2 aromatic rings. The molecule has 0 fully saturated rings. The molecule has 0 spiro atoms. The largest absolute Gasteiger partial charge is 0.492 e. The van der Waals surface area contributed by atoms with Gasteiger partial charge in [-0.15, -0.1) is 0 Å². The van der Waals surface area contributed by atoms with Gasteiger partial charge in [-0.25, -0.2) is 0 Å². The van der Waals surface area contributed by atoms with Crippen LogP contribution in [0.25, 0.3) is 0 Å². The van der Waals surface area contributed by atoms with Gasteiger partial charge in [0.1, 0.15) is 12.4 Å². The fourth-order valence-corrected chi connectivity index (χ4v) is 2.18. The van der Waals surface area contributed by atoms with Gasteiger partial charge in [0, 0.05) is 21.7 Å². The van der Waals surface area contributed by atoms with Crippen molar-refractivity contribution >= 4 is 33.2 Å². The molecule has 2 nitrogen and oxygen atoms in total. The fraction of sp³-hybridized carbons (Fsp3) is 0.200. The molecule has 0 saturated carbocycles. The Morgan fingerprint density at radius 1 is 1.21 bits per heavy atom. The van der Waals surface area contributed by atoms with E-state index >= 15 is 0 Å². The van der Waals surface area contributed by atoms with E-state index in [-0.39, 0.29) is 0 Å². The first-order chi connectivity index (χ1) is 9.15. The van der Waals surface area contributed by atoms with Crippen LogP contribution in [-0.2, 0) is 0 Å². The summed E-state index contributed by atoms with van der Waals surface area (Å²) in [5.74, 6) is 0.859. The Morgan fingerprint density at radius 2 is 2.05 bits per heavy atom. The number of rotatable bonds is 5. The third kappa shape index (κ3) is 4.44. The van der Waals surface area contributed by atoms with Crippen LogP contribution < -0.4 is 10.1 Å². The molecular formula is C15H15BrClNO. The topological polar surface area (TPSA) is 21.3 Å². The average molecular weight is 341 g/mol. The zero-order valence-electron chi connectivity index (χ0n) is 10.6.